The average Bonchev–Trinajstić information content (AvgIpc) is 3.00. The van der Waals surface area contributed by atoms with Gasteiger partial charge in [0.25, 0.3) is 17.7 Å². The summed E-state index contributed by atoms with van der Waals surface area (Å²) in [6.07, 6.45) is 2.64. The molecule has 0 heterocycles. The molecule has 4 rings (SSSR count). The predicted octanol–water partition coefficient (Wildman–Crippen LogP) is 5.29. The zero-order chi connectivity index (χ0) is 29.2. The molecule has 0 aliphatic carbocycles. The van der Waals surface area contributed by atoms with E-state index in [1.165, 1.54) is 31.4 Å². The van der Waals surface area contributed by atoms with E-state index in [9.17, 15) is 19.2 Å². The Morgan fingerprint density at radius 3 is 2.00 bits per heavy atom. The van der Waals surface area contributed by atoms with Gasteiger partial charge in [-0.05, 0) is 84.9 Å². The van der Waals surface area contributed by atoms with E-state index in [1.807, 2.05) is 0 Å². The van der Waals surface area contributed by atoms with E-state index >= 15 is 0 Å². The number of hydrazine groups is 1. The van der Waals surface area contributed by atoms with Crippen LogP contribution in [0.25, 0.3) is 6.08 Å². The van der Waals surface area contributed by atoms with Crippen molar-refractivity contribution in [3.05, 3.63) is 130 Å². The van der Waals surface area contributed by atoms with Crippen LogP contribution in [0, 0.1) is 0 Å². The van der Waals surface area contributed by atoms with E-state index in [1.54, 1.807) is 84.9 Å². The van der Waals surface area contributed by atoms with Gasteiger partial charge in [0.1, 0.15) is 11.5 Å². The zero-order valence-corrected chi connectivity index (χ0v) is 22.5. The molecule has 3 amide bonds. The summed E-state index contributed by atoms with van der Waals surface area (Å²) in [5, 5.41) is 3.25. The summed E-state index contributed by atoms with van der Waals surface area (Å²) < 4.78 is 10.6. The molecule has 4 aromatic carbocycles. The lowest BCUT2D eigenvalue weighted by molar-refractivity contribution is -0.117. The average molecular weight is 570 g/mol. The van der Waals surface area contributed by atoms with Crippen LogP contribution in [0.4, 0.5) is 5.69 Å². The maximum atomic E-state index is 12.5. The Morgan fingerprint density at radius 1 is 0.707 bits per heavy atom. The molecule has 10 heteroatoms. The molecule has 0 aliphatic heterocycles. The number of anilines is 1. The number of halogens is 1. The molecule has 206 valence electrons. The normalized spacial score (nSPS) is 10.5. The van der Waals surface area contributed by atoms with E-state index in [0.717, 1.165) is 0 Å². The predicted molar refractivity (Wildman–Crippen MR) is 155 cm³/mol. The van der Waals surface area contributed by atoms with Crippen molar-refractivity contribution < 1.29 is 28.7 Å². The molecule has 0 radical (unpaired) electrons. The Balaban J connectivity index is 1.29. The van der Waals surface area contributed by atoms with Crippen molar-refractivity contribution in [2.75, 3.05) is 12.4 Å². The molecular weight excluding hydrogens is 546 g/mol. The fourth-order valence-corrected chi connectivity index (χ4v) is 3.63. The van der Waals surface area contributed by atoms with Crippen LogP contribution in [0.15, 0.2) is 103 Å². The Kier molecular flexibility index (Phi) is 9.48. The van der Waals surface area contributed by atoms with Gasteiger partial charge >= 0.3 is 5.97 Å². The van der Waals surface area contributed by atoms with Gasteiger partial charge in [-0.2, -0.15) is 0 Å². The quantitative estimate of drug-likeness (QED) is 0.115. The molecule has 41 heavy (non-hydrogen) atoms. The molecular formula is C31H24ClN3O6. The number of para-hydroxylation sites is 1. The summed E-state index contributed by atoms with van der Waals surface area (Å²) in [6, 6.07) is 25.7. The molecule has 0 fully saturated rings. The molecule has 0 spiro atoms. The van der Waals surface area contributed by atoms with Crippen molar-refractivity contribution in [3.8, 4) is 11.5 Å². The fourth-order valence-electron chi connectivity index (χ4n) is 3.50. The lowest BCUT2D eigenvalue weighted by Crippen LogP contribution is -2.40. The highest BCUT2D eigenvalue weighted by Gasteiger charge is 2.12. The van der Waals surface area contributed by atoms with E-state index < -0.39 is 17.8 Å². The third-order valence-electron chi connectivity index (χ3n) is 5.67. The van der Waals surface area contributed by atoms with E-state index in [0.29, 0.717) is 33.1 Å². The monoisotopic (exact) mass is 569 g/mol. The fraction of sp³-hybridized carbons (Fsp3) is 0.0323. The third-order valence-corrected chi connectivity index (χ3v) is 5.92. The van der Waals surface area contributed by atoms with Gasteiger partial charge in [-0.1, -0.05) is 29.8 Å². The van der Waals surface area contributed by atoms with Crippen molar-refractivity contribution in [1.82, 2.24) is 10.9 Å². The first kappa shape index (κ1) is 28.6. The minimum Gasteiger partial charge on any atom is -0.497 e. The molecule has 0 bridgehead atoms. The molecule has 0 atom stereocenters. The summed E-state index contributed by atoms with van der Waals surface area (Å²) >= 11 is 5.85. The number of nitrogens with one attached hydrogen (secondary N) is 3. The second kappa shape index (κ2) is 13.6. The van der Waals surface area contributed by atoms with Gasteiger partial charge in [0.05, 0.1) is 12.7 Å². The number of hydrogen-bond donors (Lipinski definition) is 3. The lowest BCUT2D eigenvalue weighted by Gasteiger charge is -2.09. The standard InChI is InChI=1S/C31H24ClN3O6/c1-40-26-17-10-23(11-18-26)31(39)41-27-5-3-2-4-20(27)12-19-28(36)34-35-30(38)22-8-15-25(16-9-22)33-29(37)21-6-13-24(32)14-7-21/h2-19H,1H3,(H,33,37)(H,34,36)(H,35,38)/b19-12+. The van der Waals surface area contributed by atoms with Crippen LogP contribution in [0.1, 0.15) is 36.6 Å². The van der Waals surface area contributed by atoms with Crippen LogP contribution in [-0.4, -0.2) is 30.8 Å². The first-order valence-electron chi connectivity index (χ1n) is 12.2. The number of methoxy groups -OCH3 is 1. The number of rotatable bonds is 8. The number of amides is 3. The van der Waals surface area contributed by atoms with Crippen molar-refractivity contribution in [2.24, 2.45) is 0 Å². The molecule has 0 unspecified atom stereocenters. The second-order valence-electron chi connectivity index (χ2n) is 8.47. The summed E-state index contributed by atoms with van der Waals surface area (Å²) in [4.78, 5) is 49.6. The highest BCUT2D eigenvalue weighted by atomic mass is 35.5. The lowest BCUT2D eigenvalue weighted by atomic mass is 10.1. The minimum atomic E-state index is -0.610. The van der Waals surface area contributed by atoms with Gasteiger partial charge in [-0.15, -0.1) is 0 Å². The van der Waals surface area contributed by atoms with Crippen molar-refractivity contribution in [3.63, 3.8) is 0 Å². The van der Waals surface area contributed by atoms with Gasteiger partial charge in [0, 0.05) is 33.5 Å². The SMILES string of the molecule is COc1ccc(C(=O)Oc2ccccc2/C=C/C(=O)NNC(=O)c2ccc(NC(=O)c3ccc(Cl)cc3)cc2)cc1. The number of esters is 1. The first-order valence-corrected chi connectivity index (χ1v) is 12.6. The van der Waals surface area contributed by atoms with Crippen LogP contribution in [0.5, 0.6) is 11.5 Å². The van der Waals surface area contributed by atoms with Crippen LogP contribution in [0.2, 0.25) is 5.02 Å². The topological polar surface area (TPSA) is 123 Å². The van der Waals surface area contributed by atoms with E-state index in [4.69, 9.17) is 21.1 Å². The minimum absolute atomic E-state index is 0.254. The Morgan fingerprint density at radius 2 is 1.32 bits per heavy atom. The summed E-state index contributed by atoms with van der Waals surface area (Å²) in [7, 11) is 1.53. The van der Waals surface area contributed by atoms with Crippen LogP contribution >= 0.6 is 11.6 Å². The number of benzene rings is 4. The Hall–Kier alpha value is -5.41. The number of hydrogen-bond acceptors (Lipinski definition) is 6. The first-order chi connectivity index (χ1) is 19.8. The van der Waals surface area contributed by atoms with Gasteiger partial charge in [-0.3, -0.25) is 25.2 Å². The molecule has 4 aromatic rings. The molecule has 0 aromatic heterocycles. The smallest absolute Gasteiger partial charge is 0.343 e. The van der Waals surface area contributed by atoms with Crippen molar-refractivity contribution in [1.29, 1.82) is 0 Å². The van der Waals surface area contributed by atoms with Crippen LogP contribution in [0.3, 0.4) is 0 Å². The van der Waals surface area contributed by atoms with Gasteiger partial charge in [-0.25, -0.2) is 4.79 Å². The third kappa shape index (κ3) is 8.04. The molecule has 0 saturated heterocycles. The maximum absolute atomic E-state index is 12.5. The molecule has 9 nitrogen and oxygen atoms in total. The molecule has 3 N–H and O–H groups in total. The van der Waals surface area contributed by atoms with Gasteiger partial charge in [0.2, 0.25) is 0 Å². The summed E-state index contributed by atoms with van der Waals surface area (Å²) in [6.45, 7) is 0. The van der Waals surface area contributed by atoms with Crippen molar-refractivity contribution in [2.45, 2.75) is 0 Å². The number of carbonyl (C=O) groups excluding carboxylic acids is 4. The highest BCUT2D eigenvalue weighted by molar-refractivity contribution is 6.30. The van der Waals surface area contributed by atoms with Crippen LogP contribution < -0.4 is 25.6 Å². The van der Waals surface area contributed by atoms with E-state index in [-0.39, 0.29) is 17.2 Å². The van der Waals surface area contributed by atoms with Gasteiger partial charge < -0.3 is 14.8 Å². The zero-order valence-electron chi connectivity index (χ0n) is 21.7. The summed E-state index contributed by atoms with van der Waals surface area (Å²) in [5.41, 5.74) is 6.61. The van der Waals surface area contributed by atoms with E-state index in [2.05, 4.69) is 16.2 Å². The second-order valence-corrected chi connectivity index (χ2v) is 8.91. The van der Waals surface area contributed by atoms with Gasteiger partial charge in [0.15, 0.2) is 0 Å². The van der Waals surface area contributed by atoms with Crippen LogP contribution in [-0.2, 0) is 4.79 Å². The Bertz CT molecular complexity index is 1580. The largest absolute Gasteiger partial charge is 0.497 e. The Labute approximate surface area is 240 Å². The summed E-state index contributed by atoms with van der Waals surface area (Å²) in [5.74, 6) is -1.20. The molecule has 0 aliphatic rings. The number of carbonyl (C=O) groups is 4. The molecule has 0 saturated carbocycles. The highest BCUT2D eigenvalue weighted by Crippen LogP contribution is 2.22. The van der Waals surface area contributed by atoms with Crippen molar-refractivity contribution >= 4 is 47.1 Å². The maximum Gasteiger partial charge on any atom is 0.343 e. The number of ether oxygens (including phenoxy) is 2.